The molecule has 0 aliphatic carbocycles. The predicted octanol–water partition coefficient (Wildman–Crippen LogP) is 3.43. The van der Waals surface area contributed by atoms with Crippen LogP contribution in [0.25, 0.3) is 0 Å². The van der Waals surface area contributed by atoms with E-state index in [1.807, 2.05) is 0 Å². The lowest BCUT2D eigenvalue weighted by molar-refractivity contribution is 0.127. The van der Waals surface area contributed by atoms with Crippen molar-refractivity contribution in [3.05, 3.63) is 34.9 Å². The predicted molar refractivity (Wildman–Crippen MR) is 82.3 cm³/mol. The fourth-order valence-electron chi connectivity index (χ4n) is 2.72. The summed E-state index contributed by atoms with van der Waals surface area (Å²) in [6, 6.07) is 6.75. The first-order chi connectivity index (χ1) is 8.87. The van der Waals surface area contributed by atoms with E-state index in [0.29, 0.717) is 5.41 Å². The van der Waals surface area contributed by atoms with Gasteiger partial charge < -0.3 is 10.6 Å². The Morgan fingerprint density at radius 2 is 1.79 bits per heavy atom. The molecule has 1 saturated heterocycles. The summed E-state index contributed by atoms with van der Waals surface area (Å²) in [5.41, 5.74) is 10.8. The summed E-state index contributed by atoms with van der Waals surface area (Å²) in [5.74, 6) is 0. The summed E-state index contributed by atoms with van der Waals surface area (Å²) in [6.07, 6.45) is 2.57. The molecular weight excluding hydrogens is 232 g/mol. The van der Waals surface area contributed by atoms with Crippen LogP contribution in [0.15, 0.2) is 18.2 Å². The zero-order valence-electron chi connectivity index (χ0n) is 12.9. The molecule has 2 heteroatoms. The zero-order chi connectivity index (χ0) is 14.0. The van der Waals surface area contributed by atoms with Crippen LogP contribution in [0.2, 0.25) is 0 Å². The highest BCUT2D eigenvalue weighted by atomic mass is 15.1. The number of likely N-dealkylation sites (tertiary alicyclic amines) is 1. The van der Waals surface area contributed by atoms with Crippen LogP contribution in [0.1, 0.15) is 49.4 Å². The van der Waals surface area contributed by atoms with E-state index in [1.165, 1.54) is 42.6 Å². The minimum atomic E-state index is 0.139. The maximum Gasteiger partial charge on any atom is 0.0424 e. The number of nitrogens with zero attached hydrogens (tertiary/aromatic N) is 1. The Bertz CT molecular complexity index is 427. The maximum absolute atomic E-state index is 6.37. The number of rotatable bonds is 3. The lowest BCUT2D eigenvalue weighted by atomic mass is 9.82. The highest BCUT2D eigenvalue weighted by Crippen LogP contribution is 2.30. The zero-order valence-corrected chi connectivity index (χ0v) is 12.9. The molecule has 0 bridgehead atoms. The average Bonchev–Trinajstić information content (AvgIpc) is 2.35. The average molecular weight is 260 g/mol. The van der Waals surface area contributed by atoms with Crippen molar-refractivity contribution in [2.45, 2.75) is 46.6 Å². The normalized spacial score (nSPS) is 21.3. The number of hydrogen-bond donors (Lipinski definition) is 1. The fraction of sp³-hybridized carbons (Fsp3) is 0.647. The van der Waals surface area contributed by atoms with E-state index in [4.69, 9.17) is 5.73 Å². The third-order valence-electron chi connectivity index (χ3n) is 4.62. The van der Waals surface area contributed by atoms with Crippen LogP contribution in [0.4, 0.5) is 0 Å². The van der Waals surface area contributed by atoms with E-state index in [0.717, 1.165) is 6.54 Å². The molecule has 1 aromatic carbocycles. The van der Waals surface area contributed by atoms with Gasteiger partial charge in [0.15, 0.2) is 0 Å². The highest BCUT2D eigenvalue weighted by Gasteiger charge is 2.26. The fourth-order valence-corrected chi connectivity index (χ4v) is 2.72. The molecule has 0 spiro atoms. The van der Waals surface area contributed by atoms with E-state index < -0.39 is 0 Å². The van der Waals surface area contributed by atoms with Crippen LogP contribution in [0.3, 0.4) is 0 Å². The molecule has 1 aliphatic heterocycles. The Balaban J connectivity index is 1.94. The van der Waals surface area contributed by atoms with E-state index >= 15 is 0 Å². The van der Waals surface area contributed by atoms with Crippen LogP contribution in [-0.2, 0) is 0 Å². The minimum absolute atomic E-state index is 0.139. The highest BCUT2D eigenvalue weighted by molar-refractivity contribution is 5.31. The molecule has 0 amide bonds. The first-order valence-corrected chi connectivity index (χ1v) is 7.42. The second-order valence-corrected chi connectivity index (χ2v) is 6.92. The van der Waals surface area contributed by atoms with Crippen LogP contribution < -0.4 is 5.73 Å². The van der Waals surface area contributed by atoms with Gasteiger partial charge in [0.25, 0.3) is 0 Å². The summed E-state index contributed by atoms with van der Waals surface area (Å²) in [6.45, 7) is 12.4. The quantitative estimate of drug-likeness (QED) is 0.902. The molecule has 106 valence electrons. The van der Waals surface area contributed by atoms with Crippen LogP contribution in [-0.4, -0.2) is 24.5 Å². The van der Waals surface area contributed by atoms with Crippen molar-refractivity contribution in [2.75, 3.05) is 19.6 Å². The number of piperidine rings is 1. The minimum Gasteiger partial charge on any atom is -0.323 e. The maximum atomic E-state index is 6.37. The molecule has 2 rings (SSSR count). The molecule has 0 aromatic heterocycles. The van der Waals surface area contributed by atoms with Gasteiger partial charge in [0.2, 0.25) is 0 Å². The molecule has 1 unspecified atom stereocenters. The number of aryl methyl sites for hydroxylation is 2. The summed E-state index contributed by atoms with van der Waals surface area (Å²) >= 11 is 0. The van der Waals surface area contributed by atoms with Gasteiger partial charge in [0.05, 0.1) is 0 Å². The van der Waals surface area contributed by atoms with Gasteiger partial charge in [-0.15, -0.1) is 0 Å². The summed E-state index contributed by atoms with van der Waals surface area (Å²) < 4.78 is 0. The molecule has 1 heterocycles. The lowest BCUT2D eigenvalue weighted by Crippen LogP contribution is -2.40. The Labute approximate surface area is 118 Å². The Morgan fingerprint density at radius 1 is 1.16 bits per heavy atom. The van der Waals surface area contributed by atoms with Gasteiger partial charge in [0.1, 0.15) is 0 Å². The van der Waals surface area contributed by atoms with Crippen molar-refractivity contribution in [1.82, 2.24) is 4.90 Å². The van der Waals surface area contributed by atoms with E-state index in [2.05, 4.69) is 50.8 Å². The van der Waals surface area contributed by atoms with Crippen molar-refractivity contribution in [3.8, 4) is 0 Å². The molecule has 1 fully saturated rings. The number of hydrogen-bond acceptors (Lipinski definition) is 2. The van der Waals surface area contributed by atoms with Crippen LogP contribution in [0.5, 0.6) is 0 Å². The first-order valence-electron chi connectivity index (χ1n) is 7.42. The largest absolute Gasteiger partial charge is 0.323 e. The third-order valence-corrected chi connectivity index (χ3v) is 4.62. The Hall–Kier alpha value is -0.860. The van der Waals surface area contributed by atoms with E-state index in [1.54, 1.807) is 0 Å². The van der Waals surface area contributed by atoms with Gasteiger partial charge in [-0.25, -0.2) is 0 Å². The Kier molecular flexibility index (Phi) is 4.32. The van der Waals surface area contributed by atoms with Crippen LogP contribution >= 0.6 is 0 Å². The summed E-state index contributed by atoms with van der Waals surface area (Å²) in [4.78, 5) is 2.52. The van der Waals surface area contributed by atoms with Crippen molar-refractivity contribution in [2.24, 2.45) is 11.1 Å². The Morgan fingerprint density at radius 3 is 2.37 bits per heavy atom. The van der Waals surface area contributed by atoms with Gasteiger partial charge >= 0.3 is 0 Å². The smallest absolute Gasteiger partial charge is 0.0424 e. The molecule has 0 radical (unpaired) electrons. The van der Waals surface area contributed by atoms with Crippen LogP contribution in [0, 0.1) is 19.3 Å². The second kappa shape index (κ2) is 5.64. The van der Waals surface area contributed by atoms with Gasteiger partial charge in [-0.05, 0) is 61.9 Å². The SMILES string of the molecule is Cc1ccc(C(N)CN2CCC(C)(C)CC2)cc1C. The van der Waals surface area contributed by atoms with Gasteiger partial charge in [-0.3, -0.25) is 0 Å². The second-order valence-electron chi connectivity index (χ2n) is 6.92. The standard InChI is InChI=1S/C17H28N2/c1-13-5-6-15(11-14(13)2)16(18)12-19-9-7-17(3,4)8-10-19/h5-6,11,16H,7-10,12,18H2,1-4H3. The number of nitrogens with two attached hydrogens (primary N) is 1. The van der Waals surface area contributed by atoms with Gasteiger partial charge in [-0.2, -0.15) is 0 Å². The van der Waals surface area contributed by atoms with Crippen molar-refractivity contribution in [1.29, 1.82) is 0 Å². The van der Waals surface area contributed by atoms with Gasteiger partial charge in [-0.1, -0.05) is 32.0 Å². The molecule has 1 aliphatic rings. The van der Waals surface area contributed by atoms with Gasteiger partial charge in [0, 0.05) is 12.6 Å². The third kappa shape index (κ3) is 3.80. The topological polar surface area (TPSA) is 29.3 Å². The molecule has 1 aromatic rings. The molecular formula is C17H28N2. The summed E-state index contributed by atoms with van der Waals surface area (Å²) in [7, 11) is 0. The number of benzene rings is 1. The molecule has 0 saturated carbocycles. The van der Waals surface area contributed by atoms with E-state index in [9.17, 15) is 0 Å². The lowest BCUT2D eigenvalue weighted by Gasteiger charge is -2.38. The first kappa shape index (κ1) is 14.5. The van der Waals surface area contributed by atoms with Crippen molar-refractivity contribution >= 4 is 0 Å². The molecule has 2 nitrogen and oxygen atoms in total. The molecule has 1 atom stereocenters. The summed E-state index contributed by atoms with van der Waals surface area (Å²) in [5, 5.41) is 0. The molecule has 2 N–H and O–H groups in total. The monoisotopic (exact) mass is 260 g/mol. The molecule has 19 heavy (non-hydrogen) atoms. The van der Waals surface area contributed by atoms with Crippen molar-refractivity contribution < 1.29 is 0 Å². The van der Waals surface area contributed by atoms with Crippen molar-refractivity contribution in [3.63, 3.8) is 0 Å². The van der Waals surface area contributed by atoms with E-state index in [-0.39, 0.29) is 6.04 Å².